The second-order valence-corrected chi connectivity index (χ2v) is 16.7. The average molecular weight is 588 g/mol. The van der Waals surface area contributed by atoms with E-state index in [2.05, 4.69) is 76.8 Å². The number of pyridine rings is 1. The van der Waals surface area contributed by atoms with Crippen molar-refractivity contribution >= 4 is 63.0 Å². The molecule has 0 aliphatic rings. The van der Waals surface area contributed by atoms with Crippen LogP contribution in [0.1, 0.15) is 20.8 Å². The maximum atomic E-state index is 12.1. The van der Waals surface area contributed by atoms with Gasteiger partial charge in [-0.25, -0.2) is 14.8 Å². The molecule has 3 rings (SSSR count). The van der Waals surface area contributed by atoms with Crippen LogP contribution in [0.15, 0.2) is 21.5 Å². The topological polar surface area (TPSA) is 107 Å². The van der Waals surface area contributed by atoms with Gasteiger partial charge in [0.15, 0.2) is 5.82 Å². The van der Waals surface area contributed by atoms with Gasteiger partial charge >= 0.3 is 6.09 Å². The zero-order valence-electron chi connectivity index (χ0n) is 19.0. The summed E-state index contributed by atoms with van der Waals surface area (Å²) in [5, 5.41) is 2.63. The van der Waals surface area contributed by atoms with Crippen molar-refractivity contribution in [1.82, 2.24) is 24.5 Å². The minimum atomic E-state index is -1.19. The van der Waals surface area contributed by atoms with Gasteiger partial charge in [-0.05, 0) is 64.7 Å². The summed E-state index contributed by atoms with van der Waals surface area (Å²) in [5.41, 5.74) is 1.24. The molecule has 1 amide bonds. The van der Waals surface area contributed by atoms with E-state index in [9.17, 15) is 4.79 Å². The van der Waals surface area contributed by atoms with E-state index in [4.69, 9.17) is 9.47 Å². The second kappa shape index (κ2) is 9.62. The number of halogens is 2. The van der Waals surface area contributed by atoms with Crippen LogP contribution in [0.4, 0.5) is 10.7 Å². The number of imidazole rings is 2. The van der Waals surface area contributed by atoms with Gasteiger partial charge in [0.05, 0.1) is 5.52 Å². The highest BCUT2D eigenvalue weighted by atomic mass is 79.9. The minimum absolute atomic E-state index is 0.270. The fraction of sp³-hybridized carbons (Fsp3) is 0.500. The first kappa shape index (κ1) is 24.9. The lowest BCUT2D eigenvalue weighted by Gasteiger charge is -2.18. The Morgan fingerprint density at radius 1 is 1.25 bits per heavy atom. The molecule has 0 unspecified atom stereocenters. The molecule has 3 heterocycles. The molecule has 0 saturated carbocycles. The van der Waals surface area contributed by atoms with Crippen molar-refractivity contribution in [3.8, 4) is 11.5 Å². The van der Waals surface area contributed by atoms with Crippen LogP contribution in [-0.4, -0.2) is 50.9 Å². The summed E-state index contributed by atoms with van der Waals surface area (Å²) in [4.78, 5) is 28.8. The van der Waals surface area contributed by atoms with Crippen LogP contribution in [0.5, 0.6) is 0 Å². The molecule has 0 fully saturated rings. The van der Waals surface area contributed by atoms with Crippen LogP contribution < -0.4 is 5.32 Å². The first-order chi connectivity index (χ1) is 14.8. The van der Waals surface area contributed by atoms with E-state index in [0.717, 1.165) is 10.6 Å². The van der Waals surface area contributed by atoms with Gasteiger partial charge in [-0.1, -0.05) is 19.6 Å². The van der Waals surface area contributed by atoms with Crippen molar-refractivity contribution in [2.24, 2.45) is 0 Å². The molecule has 3 aromatic rings. The van der Waals surface area contributed by atoms with E-state index in [1.165, 1.54) is 0 Å². The van der Waals surface area contributed by atoms with E-state index < -0.39 is 19.8 Å². The first-order valence-electron chi connectivity index (χ1n) is 10.2. The van der Waals surface area contributed by atoms with Crippen LogP contribution in [0.2, 0.25) is 25.7 Å². The molecule has 9 nitrogen and oxygen atoms in total. The molecule has 0 spiro atoms. The quantitative estimate of drug-likeness (QED) is 0.259. The number of rotatable bonds is 7. The lowest BCUT2D eigenvalue weighted by molar-refractivity contribution is 0.0635. The Kier molecular flexibility index (Phi) is 7.47. The molecule has 32 heavy (non-hydrogen) atoms. The van der Waals surface area contributed by atoms with E-state index in [0.29, 0.717) is 40.5 Å². The van der Waals surface area contributed by atoms with E-state index in [-0.39, 0.29) is 5.95 Å². The van der Waals surface area contributed by atoms with Crippen LogP contribution in [-0.2, 0) is 16.2 Å². The Balaban J connectivity index is 1.88. The Hall–Kier alpha value is -1.76. The van der Waals surface area contributed by atoms with E-state index in [1.807, 2.05) is 4.57 Å². The maximum absolute atomic E-state index is 12.1. The minimum Gasteiger partial charge on any atom is -0.444 e. The fourth-order valence-corrected chi connectivity index (χ4v) is 4.29. The molecule has 0 aliphatic heterocycles. The summed E-state index contributed by atoms with van der Waals surface area (Å²) in [7, 11) is -1.19. The van der Waals surface area contributed by atoms with E-state index in [1.54, 1.807) is 33.0 Å². The summed E-state index contributed by atoms with van der Waals surface area (Å²) in [5.74, 6) is 0.865. The molecule has 0 aromatic carbocycles. The standard InChI is InChI=1S/C20H28Br2N6O3Si/c1-20(2,3)31-19(29)27-18-24-12-7-8-23-14(13(12)25-18)17-26-15(21)16(22)28(17)11-30-9-10-32(4,5)6/h7-8H,9-11H2,1-6H3,(H2,24,25,27,29). The van der Waals surface area contributed by atoms with Crippen molar-refractivity contribution in [2.75, 3.05) is 11.9 Å². The number of anilines is 1. The van der Waals surface area contributed by atoms with Crippen molar-refractivity contribution in [3.63, 3.8) is 0 Å². The highest BCUT2D eigenvalue weighted by molar-refractivity contribution is 9.13. The number of hydrogen-bond donors (Lipinski definition) is 2. The number of aromatic nitrogens is 5. The molecule has 174 valence electrons. The second-order valence-electron chi connectivity index (χ2n) is 9.56. The smallest absolute Gasteiger partial charge is 0.414 e. The highest BCUT2D eigenvalue weighted by Gasteiger charge is 2.22. The number of H-pyrrole nitrogens is 1. The number of ether oxygens (including phenoxy) is 2. The number of hydrogen-bond acceptors (Lipinski definition) is 6. The summed E-state index contributed by atoms with van der Waals surface area (Å²) in [6, 6.07) is 2.86. The molecular weight excluding hydrogens is 560 g/mol. The Morgan fingerprint density at radius 2 is 1.97 bits per heavy atom. The number of fused-ring (bicyclic) bond motifs is 1. The fourth-order valence-electron chi connectivity index (χ4n) is 2.80. The van der Waals surface area contributed by atoms with Crippen LogP contribution in [0, 0.1) is 0 Å². The third-order valence-electron chi connectivity index (χ3n) is 4.32. The number of carbonyl (C=O) groups excluding carboxylic acids is 1. The average Bonchev–Trinajstić information content (AvgIpc) is 3.17. The number of amides is 1. The SMILES string of the molecule is CC(C)(C)OC(=O)Nc1nc2c(-c3nc(Br)c(Br)n3COCC[Si](C)(C)C)nccc2[nH]1. The Morgan fingerprint density at radius 3 is 2.62 bits per heavy atom. The van der Waals surface area contributed by atoms with Gasteiger partial charge in [0.1, 0.15) is 32.7 Å². The van der Waals surface area contributed by atoms with E-state index >= 15 is 0 Å². The first-order valence-corrected chi connectivity index (χ1v) is 15.5. The summed E-state index contributed by atoms with van der Waals surface area (Å²) in [6.45, 7) is 13.4. The third-order valence-corrected chi connectivity index (χ3v) is 7.91. The number of nitrogens with zero attached hydrogens (tertiary/aromatic N) is 4. The molecule has 0 radical (unpaired) electrons. The molecule has 0 aliphatic carbocycles. The molecule has 0 atom stereocenters. The number of aromatic amines is 1. The van der Waals surface area contributed by atoms with Crippen molar-refractivity contribution in [2.45, 2.75) is 58.8 Å². The van der Waals surface area contributed by atoms with Gasteiger partial charge in [-0.3, -0.25) is 14.9 Å². The maximum Gasteiger partial charge on any atom is 0.414 e. The van der Waals surface area contributed by atoms with Gasteiger partial charge < -0.3 is 14.5 Å². The Labute approximate surface area is 205 Å². The third kappa shape index (κ3) is 6.39. The van der Waals surface area contributed by atoms with Crippen molar-refractivity contribution in [3.05, 3.63) is 21.5 Å². The molecule has 12 heteroatoms. The van der Waals surface area contributed by atoms with Crippen LogP contribution >= 0.6 is 31.9 Å². The summed E-state index contributed by atoms with van der Waals surface area (Å²) >= 11 is 7.05. The summed E-state index contributed by atoms with van der Waals surface area (Å²) in [6.07, 6.45) is 1.08. The van der Waals surface area contributed by atoms with Gasteiger partial charge in [-0.2, -0.15) is 0 Å². The van der Waals surface area contributed by atoms with Gasteiger partial charge in [-0.15, -0.1) is 0 Å². The predicted octanol–water partition coefficient (Wildman–Crippen LogP) is 6.01. The molecule has 0 saturated heterocycles. The normalized spacial score (nSPS) is 12.4. The van der Waals surface area contributed by atoms with Gasteiger partial charge in [0.25, 0.3) is 0 Å². The largest absolute Gasteiger partial charge is 0.444 e. The highest BCUT2D eigenvalue weighted by Crippen LogP contribution is 2.32. The molecular formula is C20H28Br2N6O3Si. The van der Waals surface area contributed by atoms with Crippen molar-refractivity contribution in [1.29, 1.82) is 0 Å². The lowest BCUT2D eigenvalue weighted by atomic mass is 10.2. The Bertz CT molecular complexity index is 1120. The molecule has 3 aromatic heterocycles. The number of carbonyl (C=O) groups is 1. The van der Waals surface area contributed by atoms with Crippen LogP contribution in [0.3, 0.4) is 0 Å². The van der Waals surface area contributed by atoms with Gasteiger partial charge in [0.2, 0.25) is 5.95 Å². The lowest BCUT2D eigenvalue weighted by Crippen LogP contribution is -2.27. The predicted molar refractivity (Wildman–Crippen MR) is 134 cm³/mol. The van der Waals surface area contributed by atoms with Crippen LogP contribution in [0.25, 0.3) is 22.6 Å². The molecule has 0 bridgehead atoms. The van der Waals surface area contributed by atoms with Crippen molar-refractivity contribution < 1.29 is 14.3 Å². The molecule has 2 N–H and O–H groups in total. The zero-order chi connectivity index (χ0) is 23.7. The summed E-state index contributed by atoms with van der Waals surface area (Å²) < 4.78 is 14.5. The number of nitrogens with one attached hydrogen (secondary N) is 2. The monoisotopic (exact) mass is 586 g/mol. The van der Waals surface area contributed by atoms with Gasteiger partial charge in [0, 0.05) is 20.9 Å². The zero-order valence-corrected chi connectivity index (χ0v) is 23.2.